The summed E-state index contributed by atoms with van der Waals surface area (Å²) >= 11 is 0. The van der Waals surface area contributed by atoms with Crippen LogP contribution in [0.2, 0.25) is 0 Å². The number of nitrogens with zero attached hydrogens (tertiary/aromatic N) is 2. The molecule has 1 N–H and O–H groups in total. The molecule has 1 aromatic carbocycles. The van der Waals surface area contributed by atoms with Crippen LogP contribution >= 0.6 is 0 Å². The molecule has 0 bridgehead atoms. The Morgan fingerprint density at radius 2 is 1.91 bits per heavy atom. The Labute approximate surface area is 128 Å². The minimum Gasteiger partial charge on any atom is -0.486 e. The van der Waals surface area contributed by atoms with Gasteiger partial charge in [0.25, 0.3) is 0 Å². The molecule has 0 fully saturated rings. The number of aromatic nitrogens is 2. The fraction of sp³-hybridized carbons (Fsp3) is 0.286. The molecule has 0 saturated carbocycles. The Morgan fingerprint density at radius 1 is 1.14 bits per heavy atom. The second kappa shape index (κ2) is 5.90. The highest BCUT2D eigenvalue weighted by molar-refractivity contribution is 7.89. The fourth-order valence-corrected chi connectivity index (χ4v) is 3.06. The number of ether oxygens (including phenoxy) is 2. The Hall–Kier alpha value is -2.19. The van der Waals surface area contributed by atoms with Crippen LogP contribution < -0.4 is 14.2 Å². The predicted molar refractivity (Wildman–Crippen MR) is 78.2 cm³/mol. The normalized spacial score (nSPS) is 13.9. The lowest BCUT2D eigenvalue weighted by Crippen LogP contribution is -2.24. The lowest BCUT2D eigenvalue weighted by Gasteiger charge is -2.18. The third-order valence-corrected chi connectivity index (χ3v) is 4.53. The van der Waals surface area contributed by atoms with E-state index in [1.54, 1.807) is 12.1 Å². The number of sulfonamides is 1. The van der Waals surface area contributed by atoms with Crippen LogP contribution in [0.15, 0.2) is 35.5 Å². The van der Waals surface area contributed by atoms with E-state index in [9.17, 15) is 8.42 Å². The van der Waals surface area contributed by atoms with Gasteiger partial charge in [-0.2, -0.15) is 0 Å². The molecule has 0 spiro atoms. The third kappa shape index (κ3) is 3.18. The smallest absolute Gasteiger partial charge is 0.241 e. The van der Waals surface area contributed by atoms with E-state index in [0.717, 1.165) is 5.69 Å². The molecule has 22 heavy (non-hydrogen) atoms. The van der Waals surface area contributed by atoms with Crippen LogP contribution in [-0.2, 0) is 16.6 Å². The maximum atomic E-state index is 12.3. The van der Waals surface area contributed by atoms with Crippen molar-refractivity contribution in [2.75, 3.05) is 13.2 Å². The van der Waals surface area contributed by atoms with Crippen molar-refractivity contribution in [3.8, 4) is 11.5 Å². The first-order valence-corrected chi connectivity index (χ1v) is 8.20. The highest BCUT2D eigenvalue weighted by Gasteiger charge is 2.19. The molecule has 0 amide bonds. The number of benzene rings is 1. The van der Waals surface area contributed by atoms with Gasteiger partial charge in [-0.1, -0.05) is 0 Å². The summed E-state index contributed by atoms with van der Waals surface area (Å²) in [7, 11) is -3.65. The van der Waals surface area contributed by atoms with Gasteiger partial charge in [-0.15, -0.1) is 0 Å². The maximum Gasteiger partial charge on any atom is 0.241 e. The first-order valence-electron chi connectivity index (χ1n) is 6.71. The van der Waals surface area contributed by atoms with Gasteiger partial charge in [0.2, 0.25) is 10.0 Å². The van der Waals surface area contributed by atoms with Gasteiger partial charge in [0.05, 0.1) is 17.1 Å². The Balaban J connectivity index is 1.78. The molecule has 0 aliphatic carbocycles. The van der Waals surface area contributed by atoms with Crippen LogP contribution in [0, 0.1) is 6.92 Å². The van der Waals surface area contributed by atoms with Crippen LogP contribution in [0.4, 0.5) is 0 Å². The molecule has 1 aliphatic rings. The molecule has 7 nitrogen and oxygen atoms in total. The zero-order chi connectivity index (χ0) is 15.6. The monoisotopic (exact) mass is 321 g/mol. The van der Waals surface area contributed by atoms with Gasteiger partial charge in [-0.25, -0.2) is 23.1 Å². The highest BCUT2D eigenvalue weighted by Crippen LogP contribution is 2.32. The van der Waals surface area contributed by atoms with Crippen LogP contribution in [0.3, 0.4) is 0 Å². The SMILES string of the molecule is Cc1cc(CNS(=O)(=O)c2ccc3c(c2)OCCO3)ncn1. The lowest BCUT2D eigenvalue weighted by molar-refractivity contribution is 0.171. The summed E-state index contributed by atoms with van der Waals surface area (Å²) in [6.07, 6.45) is 1.41. The van der Waals surface area contributed by atoms with E-state index < -0.39 is 10.0 Å². The zero-order valence-corrected chi connectivity index (χ0v) is 12.8. The average molecular weight is 321 g/mol. The Kier molecular flexibility index (Phi) is 3.95. The molecular formula is C14H15N3O4S. The first-order chi connectivity index (χ1) is 10.5. The molecule has 116 valence electrons. The number of fused-ring (bicyclic) bond motifs is 1. The molecule has 3 rings (SSSR count). The van der Waals surface area contributed by atoms with E-state index in [1.807, 2.05) is 6.92 Å². The van der Waals surface area contributed by atoms with Gasteiger partial charge in [-0.05, 0) is 25.1 Å². The molecule has 2 aromatic rings. The Morgan fingerprint density at radius 3 is 2.68 bits per heavy atom. The number of rotatable bonds is 4. The molecule has 8 heteroatoms. The van der Waals surface area contributed by atoms with Gasteiger partial charge < -0.3 is 9.47 Å². The quantitative estimate of drug-likeness (QED) is 0.904. The molecule has 0 unspecified atom stereocenters. The van der Waals surface area contributed by atoms with Gasteiger partial charge in [0.1, 0.15) is 19.5 Å². The number of hydrogen-bond acceptors (Lipinski definition) is 6. The van der Waals surface area contributed by atoms with Crippen molar-refractivity contribution in [2.45, 2.75) is 18.4 Å². The standard InChI is InChI=1S/C14H15N3O4S/c1-10-6-11(16-9-15-10)8-17-22(18,19)12-2-3-13-14(7-12)21-5-4-20-13/h2-3,6-7,9,17H,4-5,8H2,1H3. The van der Waals surface area contributed by atoms with Crippen molar-refractivity contribution in [1.29, 1.82) is 0 Å². The molecular weight excluding hydrogens is 306 g/mol. The van der Waals surface area contributed by atoms with Crippen molar-refractivity contribution < 1.29 is 17.9 Å². The summed E-state index contributed by atoms with van der Waals surface area (Å²) in [6, 6.07) is 6.27. The molecule has 2 heterocycles. The molecule has 1 aromatic heterocycles. The number of hydrogen-bond donors (Lipinski definition) is 1. The topological polar surface area (TPSA) is 90.4 Å². The van der Waals surface area contributed by atoms with Crippen molar-refractivity contribution >= 4 is 10.0 Å². The van der Waals surface area contributed by atoms with E-state index in [1.165, 1.54) is 18.5 Å². The van der Waals surface area contributed by atoms with E-state index in [4.69, 9.17) is 9.47 Å². The fourth-order valence-electron chi connectivity index (χ4n) is 2.05. The first kappa shape index (κ1) is 14.7. The highest BCUT2D eigenvalue weighted by atomic mass is 32.2. The largest absolute Gasteiger partial charge is 0.486 e. The summed E-state index contributed by atoms with van der Waals surface area (Å²) in [4.78, 5) is 8.12. The van der Waals surface area contributed by atoms with Crippen molar-refractivity contribution in [1.82, 2.24) is 14.7 Å². The Bertz CT molecular complexity index is 792. The van der Waals surface area contributed by atoms with Gasteiger partial charge in [0.15, 0.2) is 11.5 Å². The van der Waals surface area contributed by atoms with Crippen LogP contribution in [0.25, 0.3) is 0 Å². The second-order valence-corrected chi connectivity index (χ2v) is 6.55. The van der Waals surface area contributed by atoms with Gasteiger partial charge in [-0.3, -0.25) is 0 Å². The minimum absolute atomic E-state index is 0.0974. The average Bonchev–Trinajstić information content (AvgIpc) is 2.53. The van der Waals surface area contributed by atoms with Crippen LogP contribution in [0.5, 0.6) is 11.5 Å². The summed E-state index contributed by atoms with van der Waals surface area (Å²) in [5, 5.41) is 0. The van der Waals surface area contributed by atoms with Crippen molar-refractivity contribution in [3.05, 3.63) is 42.0 Å². The van der Waals surface area contributed by atoms with Crippen LogP contribution in [-0.4, -0.2) is 31.6 Å². The van der Waals surface area contributed by atoms with Crippen molar-refractivity contribution in [2.24, 2.45) is 0 Å². The third-order valence-electron chi connectivity index (χ3n) is 3.13. The molecule has 0 atom stereocenters. The van der Waals surface area contributed by atoms with E-state index in [-0.39, 0.29) is 11.4 Å². The van der Waals surface area contributed by atoms with Gasteiger partial charge >= 0.3 is 0 Å². The molecule has 1 aliphatic heterocycles. The lowest BCUT2D eigenvalue weighted by atomic mass is 10.3. The van der Waals surface area contributed by atoms with Gasteiger partial charge in [0, 0.05) is 11.8 Å². The summed E-state index contributed by atoms with van der Waals surface area (Å²) in [5.74, 6) is 0.989. The molecule has 0 saturated heterocycles. The number of aryl methyl sites for hydroxylation is 1. The van der Waals surface area contributed by atoms with E-state index in [0.29, 0.717) is 30.4 Å². The van der Waals surface area contributed by atoms with E-state index in [2.05, 4.69) is 14.7 Å². The van der Waals surface area contributed by atoms with Crippen molar-refractivity contribution in [3.63, 3.8) is 0 Å². The maximum absolute atomic E-state index is 12.3. The number of nitrogens with one attached hydrogen (secondary N) is 1. The van der Waals surface area contributed by atoms with E-state index >= 15 is 0 Å². The zero-order valence-electron chi connectivity index (χ0n) is 11.9. The van der Waals surface area contributed by atoms with Crippen LogP contribution in [0.1, 0.15) is 11.4 Å². The minimum atomic E-state index is -3.65. The second-order valence-electron chi connectivity index (χ2n) is 4.78. The predicted octanol–water partition coefficient (Wildman–Crippen LogP) is 1.03. The molecule has 0 radical (unpaired) electrons. The summed E-state index contributed by atoms with van der Waals surface area (Å²) < 4.78 is 37.9. The summed E-state index contributed by atoms with van der Waals surface area (Å²) in [6.45, 7) is 2.79. The summed E-state index contributed by atoms with van der Waals surface area (Å²) in [5.41, 5.74) is 1.39.